The summed E-state index contributed by atoms with van der Waals surface area (Å²) >= 11 is 0. The fourth-order valence-corrected chi connectivity index (χ4v) is 3.24. The third-order valence-electron chi connectivity index (χ3n) is 4.43. The van der Waals surface area contributed by atoms with Crippen LogP contribution in [0.3, 0.4) is 0 Å². The molecule has 1 atom stereocenters. The largest absolute Gasteiger partial charge is 0.444 e. The first-order chi connectivity index (χ1) is 11.6. The number of rotatable bonds is 4. The maximum Gasteiger partial charge on any atom is 0.410 e. The van der Waals surface area contributed by atoms with Crippen LogP contribution >= 0.6 is 0 Å². The van der Waals surface area contributed by atoms with Crippen LogP contribution in [-0.2, 0) is 9.47 Å². The van der Waals surface area contributed by atoms with Gasteiger partial charge in [-0.3, -0.25) is 0 Å². The highest BCUT2D eigenvalue weighted by Gasteiger charge is 2.43. The SMILES string of the molecule is CN(CCCC1CCC(C)(C)N1C(=O)OC(C)(C)C)C(=O)OC(C)(C)C. The first-order valence-corrected chi connectivity index (χ1v) is 9.59. The molecule has 0 aromatic rings. The van der Waals surface area contributed by atoms with E-state index in [0.29, 0.717) is 6.54 Å². The molecule has 1 saturated heterocycles. The van der Waals surface area contributed by atoms with E-state index in [4.69, 9.17) is 9.47 Å². The van der Waals surface area contributed by atoms with E-state index in [1.165, 1.54) is 0 Å². The highest BCUT2D eigenvalue weighted by atomic mass is 16.6. The summed E-state index contributed by atoms with van der Waals surface area (Å²) in [6.07, 6.45) is 3.02. The maximum atomic E-state index is 12.7. The molecular formula is C20H38N2O4. The van der Waals surface area contributed by atoms with Crippen LogP contribution in [0.5, 0.6) is 0 Å². The van der Waals surface area contributed by atoms with Gasteiger partial charge in [0.15, 0.2) is 0 Å². The normalized spacial score (nSPS) is 20.0. The van der Waals surface area contributed by atoms with Crippen molar-refractivity contribution >= 4 is 12.2 Å². The average Bonchev–Trinajstić information content (AvgIpc) is 2.69. The quantitative estimate of drug-likeness (QED) is 0.712. The van der Waals surface area contributed by atoms with Gasteiger partial charge in [-0.2, -0.15) is 0 Å². The van der Waals surface area contributed by atoms with E-state index in [1.54, 1.807) is 11.9 Å². The number of hydrogen-bond acceptors (Lipinski definition) is 4. The molecule has 152 valence electrons. The Labute approximate surface area is 159 Å². The van der Waals surface area contributed by atoms with Gasteiger partial charge in [0.25, 0.3) is 0 Å². The topological polar surface area (TPSA) is 59.1 Å². The van der Waals surface area contributed by atoms with Gasteiger partial charge in [-0.05, 0) is 81.1 Å². The third-order valence-corrected chi connectivity index (χ3v) is 4.43. The standard InChI is InChI=1S/C20H38N2O4/c1-18(2,3)25-16(23)21(9)14-10-11-15-12-13-20(7,8)22(15)17(24)26-19(4,5)6/h15H,10-14H2,1-9H3. The second-order valence-corrected chi connectivity index (χ2v) is 9.90. The monoisotopic (exact) mass is 370 g/mol. The van der Waals surface area contributed by atoms with Crippen molar-refractivity contribution in [2.45, 2.75) is 104 Å². The number of carbonyl (C=O) groups excluding carboxylic acids is 2. The Morgan fingerprint density at radius 3 is 2.12 bits per heavy atom. The van der Waals surface area contributed by atoms with E-state index >= 15 is 0 Å². The second kappa shape index (κ2) is 8.05. The van der Waals surface area contributed by atoms with Gasteiger partial charge in [0.1, 0.15) is 11.2 Å². The second-order valence-electron chi connectivity index (χ2n) is 9.90. The Morgan fingerprint density at radius 2 is 1.62 bits per heavy atom. The molecule has 6 nitrogen and oxygen atoms in total. The number of carbonyl (C=O) groups is 2. The molecule has 0 bridgehead atoms. The third kappa shape index (κ3) is 7.04. The Balaban J connectivity index is 2.60. The fraction of sp³-hybridized carbons (Fsp3) is 0.900. The van der Waals surface area contributed by atoms with Gasteiger partial charge >= 0.3 is 12.2 Å². The molecule has 0 aromatic carbocycles. The number of ether oxygens (including phenoxy) is 2. The molecule has 1 rings (SSSR count). The van der Waals surface area contributed by atoms with Gasteiger partial charge in [0.2, 0.25) is 0 Å². The van der Waals surface area contributed by atoms with Crippen LogP contribution < -0.4 is 0 Å². The van der Waals surface area contributed by atoms with Gasteiger partial charge in [-0.25, -0.2) is 9.59 Å². The zero-order valence-electron chi connectivity index (χ0n) is 18.1. The van der Waals surface area contributed by atoms with Crippen LogP contribution in [0, 0.1) is 0 Å². The van der Waals surface area contributed by atoms with Crippen LogP contribution in [0.15, 0.2) is 0 Å². The summed E-state index contributed by atoms with van der Waals surface area (Å²) in [5, 5.41) is 0. The van der Waals surface area contributed by atoms with Crippen LogP contribution in [0.2, 0.25) is 0 Å². The predicted octanol–water partition coefficient (Wildman–Crippen LogP) is 4.81. The summed E-state index contributed by atoms with van der Waals surface area (Å²) in [5.41, 5.74) is -1.20. The Kier molecular flexibility index (Phi) is 6.99. The van der Waals surface area contributed by atoms with Gasteiger partial charge in [-0.1, -0.05) is 0 Å². The summed E-state index contributed by atoms with van der Waals surface area (Å²) in [6, 6.07) is 0.145. The Morgan fingerprint density at radius 1 is 1.08 bits per heavy atom. The van der Waals surface area contributed by atoms with Gasteiger partial charge in [0.05, 0.1) is 0 Å². The lowest BCUT2D eigenvalue weighted by Crippen LogP contribution is -2.49. The van der Waals surface area contributed by atoms with Crippen molar-refractivity contribution in [1.82, 2.24) is 9.80 Å². The summed E-state index contributed by atoms with van der Waals surface area (Å²) in [4.78, 5) is 28.2. The van der Waals surface area contributed by atoms with E-state index < -0.39 is 11.2 Å². The molecule has 0 radical (unpaired) electrons. The summed E-state index contributed by atoms with van der Waals surface area (Å²) in [7, 11) is 1.75. The molecule has 1 aliphatic rings. The van der Waals surface area contributed by atoms with Gasteiger partial charge in [0, 0.05) is 25.2 Å². The van der Waals surface area contributed by atoms with Crippen LogP contribution in [0.25, 0.3) is 0 Å². The number of likely N-dealkylation sites (tertiary alicyclic amines) is 1. The van der Waals surface area contributed by atoms with Crippen molar-refractivity contribution < 1.29 is 19.1 Å². The molecule has 0 aliphatic carbocycles. The van der Waals surface area contributed by atoms with Crippen molar-refractivity contribution in [3.8, 4) is 0 Å². The minimum Gasteiger partial charge on any atom is -0.444 e. The maximum absolute atomic E-state index is 12.7. The zero-order chi connectivity index (χ0) is 20.3. The average molecular weight is 371 g/mol. The summed E-state index contributed by atoms with van der Waals surface area (Å²) in [6.45, 7) is 16.0. The first kappa shape index (κ1) is 22.6. The van der Waals surface area contributed by atoms with Crippen LogP contribution in [0.4, 0.5) is 9.59 Å². The molecule has 6 heteroatoms. The lowest BCUT2D eigenvalue weighted by Gasteiger charge is -2.37. The van der Waals surface area contributed by atoms with E-state index in [1.807, 2.05) is 46.4 Å². The zero-order valence-corrected chi connectivity index (χ0v) is 18.1. The molecule has 0 aromatic heterocycles. The van der Waals surface area contributed by atoms with Crippen molar-refractivity contribution in [3.05, 3.63) is 0 Å². The predicted molar refractivity (Wildman–Crippen MR) is 103 cm³/mol. The fourth-order valence-electron chi connectivity index (χ4n) is 3.24. The highest BCUT2D eigenvalue weighted by molar-refractivity contribution is 5.70. The van der Waals surface area contributed by atoms with E-state index in [2.05, 4.69) is 13.8 Å². The van der Waals surface area contributed by atoms with Crippen molar-refractivity contribution in [2.75, 3.05) is 13.6 Å². The van der Waals surface area contributed by atoms with Gasteiger partial charge < -0.3 is 19.3 Å². The molecule has 26 heavy (non-hydrogen) atoms. The molecule has 0 saturated carbocycles. The molecule has 2 amide bonds. The molecule has 1 fully saturated rings. The molecule has 0 spiro atoms. The lowest BCUT2D eigenvalue weighted by atomic mass is 10.0. The van der Waals surface area contributed by atoms with Crippen LogP contribution in [0.1, 0.15) is 81.1 Å². The van der Waals surface area contributed by atoms with Crippen LogP contribution in [-0.4, -0.2) is 58.4 Å². The van der Waals surface area contributed by atoms with Gasteiger partial charge in [-0.15, -0.1) is 0 Å². The number of amides is 2. The smallest absolute Gasteiger partial charge is 0.410 e. The molecular weight excluding hydrogens is 332 g/mol. The first-order valence-electron chi connectivity index (χ1n) is 9.59. The number of nitrogens with zero attached hydrogens (tertiary/aromatic N) is 2. The Hall–Kier alpha value is -1.46. The molecule has 0 N–H and O–H groups in total. The highest BCUT2D eigenvalue weighted by Crippen LogP contribution is 2.36. The lowest BCUT2D eigenvalue weighted by molar-refractivity contribution is 0.00209. The minimum atomic E-state index is -0.503. The Bertz CT molecular complexity index is 503. The minimum absolute atomic E-state index is 0.145. The molecule has 1 heterocycles. The van der Waals surface area contributed by atoms with Crippen molar-refractivity contribution in [1.29, 1.82) is 0 Å². The number of hydrogen-bond donors (Lipinski definition) is 0. The summed E-state index contributed by atoms with van der Waals surface area (Å²) in [5.74, 6) is 0. The molecule has 1 aliphatic heterocycles. The summed E-state index contributed by atoms with van der Waals surface area (Å²) < 4.78 is 11.0. The van der Waals surface area contributed by atoms with E-state index in [0.717, 1.165) is 25.7 Å². The molecule has 1 unspecified atom stereocenters. The van der Waals surface area contributed by atoms with E-state index in [-0.39, 0.29) is 23.8 Å². The van der Waals surface area contributed by atoms with Crippen molar-refractivity contribution in [3.63, 3.8) is 0 Å². The van der Waals surface area contributed by atoms with E-state index in [9.17, 15) is 9.59 Å². The van der Waals surface area contributed by atoms with Crippen molar-refractivity contribution in [2.24, 2.45) is 0 Å².